The molecule has 0 aliphatic carbocycles. The summed E-state index contributed by atoms with van der Waals surface area (Å²) < 4.78 is 0. The van der Waals surface area contributed by atoms with E-state index in [1.165, 1.54) is 0 Å². The Balaban J connectivity index is 3.81. The molecule has 0 atom stereocenters. The summed E-state index contributed by atoms with van der Waals surface area (Å²) in [5, 5.41) is 0. The first-order valence-electron chi connectivity index (χ1n) is 6.41. The van der Waals surface area contributed by atoms with E-state index in [1.807, 2.05) is 0 Å². The molecule has 4 amide bonds. The lowest BCUT2D eigenvalue weighted by Crippen LogP contribution is -2.45. The van der Waals surface area contributed by atoms with Crippen LogP contribution in [0.2, 0.25) is 0 Å². The Labute approximate surface area is 118 Å². The number of rotatable bonds is 5. The summed E-state index contributed by atoms with van der Waals surface area (Å²) in [6, 6.07) is 0. The zero-order chi connectivity index (χ0) is 15.7. The van der Waals surface area contributed by atoms with Crippen molar-refractivity contribution >= 4 is 23.6 Å². The standard InChI is InChI=1S/C12H22N4O4/c1-7(2)11(19)15-13-9(17)5-6-10(18)14-16-12(20)8(3)4/h7-8H,5-6H2,1-4H3,(H,13,17)(H,14,18)(H,15,19)(H,16,20). The van der Waals surface area contributed by atoms with E-state index in [0.29, 0.717) is 0 Å². The molecule has 114 valence electrons. The van der Waals surface area contributed by atoms with Gasteiger partial charge in [-0.05, 0) is 0 Å². The fraction of sp³-hybridized carbons (Fsp3) is 0.667. The van der Waals surface area contributed by atoms with E-state index in [2.05, 4.69) is 21.7 Å². The minimum atomic E-state index is -0.482. The van der Waals surface area contributed by atoms with E-state index >= 15 is 0 Å². The smallest absolute Gasteiger partial charge is 0.240 e. The van der Waals surface area contributed by atoms with Gasteiger partial charge in [-0.15, -0.1) is 0 Å². The van der Waals surface area contributed by atoms with Gasteiger partial charge >= 0.3 is 0 Å². The van der Waals surface area contributed by atoms with Gasteiger partial charge in [-0.1, -0.05) is 27.7 Å². The third-order valence-electron chi connectivity index (χ3n) is 2.28. The van der Waals surface area contributed by atoms with Gasteiger partial charge in [0.15, 0.2) is 0 Å². The van der Waals surface area contributed by atoms with E-state index in [0.717, 1.165) is 0 Å². The van der Waals surface area contributed by atoms with E-state index in [9.17, 15) is 19.2 Å². The maximum Gasteiger partial charge on any atom is 0.240 e. The third kappa shape index (κ3) is 8.06. The molecule has 8 nitrogen and oxygen atoms in total. The Morgan fingerprint density at radius 2 is 0.950 bits per heavy atom. The molecular formula is C12H22N4O4. The summed E-state index contributed by atoms with van der Waals surface area (Å²) in [7, 11) is 0. The first-order chi connectivity index (χ1) is 9.23. The molecule has 0 bridgehead atoms. The number of carbonyl (C=O) groups is 4. The normalized spacial score (nSPS) is 10.1. The highest BCUT2D eigenvalue weighted by molar-refractivity contribution is 5.87. The van der Waals surface area contributed by atoms with Crippen LogP contribution >= 0.6 is 0 Å². The monoisotopic (exact) mass is 286 g/mol. The lowest BCUT2D eigenvalue weighted by Gasteiger charge is -2.10. The van der Waals surface area contributed by atoms with E-state index in [-0.39, 0.29) is 36.5 Å². The topological polar surface area (TPSA) is 116 Å². The van der Waals surface area contributed by atoms with Crippen LogP contribution in [0.25, 0.3) is 0 Å². The van der Waals surface area contributed by atoms with Gasteiger partial charge in [0, 0.05) is 24.7 Å². The highest BCUT2D eigenvalue weighted by Crippen LogP contribution is 1.92. The molecule has 8 heteroatoms. The first-order valence-corrected chi connectivity index (χ1v) is 6.41. The van der Waals surface area contributed by atoms with Crippen molar-refractivity contribution in [2.75, 3.05) is 0 Å². The number of nitrogens with one attached hydrogen (secondary N) is 4. The average Bonchev–Trinajstić information content (AvgIpc) is 2.39. The lowest BCUT2D eigenvalue weighted by molar-refractivity contribution is -0.133. The van der Waals surface area contributed by atoms with Crippen molar-refractivity contribution in [2.45, 2.75) is 40.5 Å². The molecule has 4 N–H and O–H groups in total. The minimum absolute atomic E-state index is 0.0955. The molecule has 0 aromatic heterocycles. The molecule has 0 unspecified atom stereocenters. The fourth-order valence-electron chi connectivity index (χ4n) is 0.903. The van der Waals surface area contributed by atoms with Crippen molar-refractivity contribution in [1.29, 1.82) is 0 Å². The van der Waals surface area contributed by atoms with Gasteiger partial charge in [0.25, 0.3) is 0 Å². The van der Waals surface area contributed by atoms with Crippen molar-refractivity contribution in [3.05, 3.63) is 0 Å². The minimum Gasteiger partial charge on any atom is -0.273 e. The molecule has 0 saturated carbocycles. The Kier molecular flexibility index (Phi) is 7.95. The van der Waals surface area contributed by atoms with Crippen molar-refractivity contribution in [3.63, 3.8) is 0 Å². The fourth-order valence-corrected chi connectivity index (χ4v) is 0.903. The lowest BCUT2D eigenvalue weighted by atomic mass is 10.2. The molecule has 0 aromatic rings. The zero-order valence-corrected chi connectivity index (χ0v) is 12.2. The third-order valence-corrected chi connectivity index (χ3v) is 2.28. The van der Waals surface area contributed by atoms with Crippen LogP contribution in [0.15, 0.2) is 0 Å². The Morgan fingerprint density at radius 1 is 0.650 bits per heavy atom. The molecule has 0 rings (SSSR count). The number of hydrogen-bond acceptors (Lipinski definition) is 4. The van der Waals surface area contributed by atoms with Crippen LogP contribution in [-0.2, 0) is 19.2 Å². The van der Waals surface area contributed by atoms with Crippen LogP contribution in [-0.4, -0.2) is 23.6 Å². The van der Waals surface area contributed by atoms with Crippen LogP contribution in [0.1, 0.15) is 40.5 Å². The first kappa shape index (κ1) is 17.9. The SMILES string of the molecule is CC(C)C(=O)NNC(=O)CCC(=O)NNC(=O)C(C)C. The largest absolute Gasteiger partial charge is 0.273 e. The van der Waals surface area contributed by atoms with Gasteiger partial charge in [0.2, 0.25) is 23.6 Å². The number of hydrogen-bond donors (Lipinski definition) is 4. The van der Waals surface area contributed by atoms with Crippen molar-refractivity contribution in [1.82, 2.24) is 21.7 Å². The zero-order valence-electron chi connectivity index (χ0n) is 12.2. The Morgan fingerprint density at radius 3 is 1.20 bits per heavy atom. The van der Waals surface area contributed by atoms with Crippen LogP contribution in [0.4, 0.5) is 0 Å². The summed E-state index contributed by atoms with van der Waals surface area (Å²) in [5.41, 5.74) is 8.85. The number of carbonyl (C=O) groups excluding carboxylic acids is 4. The van der Waals surface area contributed by atoms with Crippen LogP contribution in [0, 0.1) is 11.8 Å². The molecule has 20 heavy (non-hydrogen) atoms. The van der Waals surface area contributed by atoms with Crippen molar-refractivity contribution in [2.24, 2.45) is 11.8 Å². The molecule has 0 heterocycles. The predicted octanol–water partition coefficient (Wildman–Crippen LogP) is -0.627. The molecule has 0 radical (unpaired) electrons. The van der Waals surface area contributed by atoms with E-state index in [4.69, 9.17) is 0 Å². The van der Waals surface area contributed by atoms with Crippen molar-refractivity contribution < 1.29 is 19.2 Å². The summed E-state index contributed by atoms with van der Waals surface area (Å²) in [6.45, 7) is 6.75. The Hall–Kier alpha value is -2.12. The second-order valence-corrected chi connectivity index (χ2v) is 4.88. The average molecular weight is 286 g/mol. The van der Waals surface area contributed by atoms with Crippen LogP contribution in [0.3, 0.4) is 0 Å². The molecule has 0 aliphatic rings. The highest BCUT2D eigenvalue weighted by atomic mass is 16.2. The molecular weight excluding hydrogens is 264 g/mol. The summed E-state index contributed by atoms with van der Waals surface area (Å²) in [4.78, 5) is 45.0. The molecule has 0 spiro atoms. The van der Waals surface area contributed by atoms with Crippen LogP contribution < -0.4 is 21.7 Å². The number of hydrazine groups is 2. The predicted molar refractivity (Wildman–Crippen MR) is 71.5 cm³/mol. The second-order valence-electron chi connectivity index (χ2n) is 4.88. The van der Waals surface area contributed by atoms with E-state index in [1.54, 1.807) is 27.7 Å². The molecule has 0 aliphatic heterocycles. The van der Waals surface area contributed by atoms with Crippen LogP contribution in [0.5, 0.6) is 0 Å². The van der Waals surface area contributed by atoms with Gasteiger partial charge in [-0.25, -0.2) is 0 Å². The van der Waals surface area contributed by atoms with Gasteiger partial charge in [-0.2, -0.15) is 0 Å². The summed E-state index contributed by atoms with van der Waals surface area (Å²) in [5.74, 6) is -2.08. The van der Waals surface area contributed by atoms with Gasteiger partial charge in [-0.3, -0.25) is 40.9 Å². The molecule has 0 aromatic carbocycles. The number of amides is 4. The van der Waals surface area contributed by atoms with Gasteiger partial charge in [0.05, 0.1) is 0 Å². The second kappa shape index (κ2) is 8.89. The van der Waals surface area contributed by atoms with Gasteiger partial charge in [0.1, 0.15) is 0 Å². The maximum atomic E-state index is 11.3. The maximum absolute atomic E-state index is 11.3. The Bertz CT molecular complexity index is 344. The highest BCUT2D eigenvalue weighted by Gasteiger charge is 2.11. The van der Waals surface area contributed by atoms with Gasteiger partial charge < -0.3 is 0 Å². The summed E-state index contributed by atoms with van der Waals surface area (Å²) in [6.07, 6.45) is -0.191. The quantitative estimate of drug-likeness (QED) is 0.504. The molecule has 0 fully saturated rings. The molecule has 0 saturated heterocycles. The van der Waals surface area contributed by atoms with E-state index < -0.39 is 11.8 Å². The van der Waals surface area contributed by atoms with Crippen molar-refractivity contribution in [3.8, 4) is 0 Å². The summed E-state index contributed by atoms with van der Waals surface area (Å²) >= 11 is 0.